The molecular weight excluding hydrogens is 420 g/mol. The number of rotatable bonds is 8. The third-order valence-electron chi connectivity index (χ3n) is 6.37. The molecule has 2 aromatic carbocycles. The molecule has 2 aromatic rings. The number of nitrogens with one attached hydrogen (secondary N) is 1. The quantitative estimate of drug-likeness (QED) is 0.650. The van der Waals surface area contributed by atoms with Crippen molar-refractivity contribution in [3.63, 3.8) is 0 Å². The van der Waals surface area contributed by atoms with E-state index < -0.39 is 5.41 Å². The molecule has 4 rings (SSSR count). The van der Waals surface area contributed by atoms with Crippen molar-refractivity contribution in [3.8, 4) is 11.5 Å². The van der Waals surface area contributed by atoms with Gasteiger partial charge in [0, 0.05) is 38.4 Å². The Labute approximate surface area is 196 Å². The largest absolute Gasteiger partial charge is 0.492 e. The summed E-state index contributed by atoms with van der Waals surface area (Å²) in [6, 6.07) is 13.9. The van der Waals surface area contributed by atoms with E-state index in [1.807, 2.05) is 56.3 Å². The van der Waals surface area contributed by atoms with Crippen LogP contribution in [0.5, 0.6) is 11.5 Å². The van der Waals surface area contributed by atoms with Gasteiger partial charge in [-0.3, -0.25) is 4.79 Å². The molecule has 2 aliphatic rings. The number of benzene rings is 2. The van der Waals surface area contributed by atoms with Crippen molar-refractivity contribution >= 4 is 17.3 Å². The molecule has 1 N–H and O–H groups in total. The van der Waals surface area contributed by atoms with Gasteiger partial charge in [-0.15, -0.1) is 0 Å². The van der Waals surface area contributed by atoms with Crippen molar-refractivity contribution in [2.75, 3.05) is 62.9 Å². The van der Waals surface area contributed by atoms with Crippen LogP contribution in [-0.4, -0.2) is 58.6 Å². The van der Waals surface area contributed by atoms with Crippen molar-refractivity contribution in [2.24, 2.45) is 0 Å². The summed E-state index contributed by atoms with van der Waals surface area (Å²) in [6.45, 7) is 8.97. The van der Waals surface area contributed by atoms with E-state index in [0.717, 1.165) is 30.1 Å². The smallest absolute Gasteiger partial charge is 0.235 e. The van der Waals surface area contributed by atoms with Crippen molar-refractivity contribution in [3.05, 3.63) is 48.0 Å². The maximum absolute atomic E-state index is 13.8. The molecule has 1 amide bonds. The number of carbonyl (C=O) groups is 1. The molecule has 0 radical (unpaired) electrons. The predicted octanol–water partition coefficient (Wildman–Crippen LogP) is 4.01. The van der Waals surface area contributed by atoms with E-state index >= 15 is 0 Å². The minimum absolute atomic E-state index is 0.0421. The molecule has 0 spiro atoms. The summed E-state index contributed by atoms with van der Waals surface area (Å²) in [5, 5.41) is 3.19. The molecule has 7 nitrogen and oxygen atoms in total. The second-order valence-electron chi connectivity index (χ2n) is 8.30. The average molecular weight is 455 g/mol. The summed E-state index contributed by atoms with van der Waals surface area (Å²) < 4.78 is 23.1. The standard InChI is InChI=1S/C26H34N2O5/c1-3-32-23-19-22(28-12-16-31-17-13-28)24(33-4-2)18-21(23)27-25(29)26(10-14-30-15-11-26)20-8-6-5-7-9-20/h5-9,18-19H,3-4,10-17H2,1-2H3,(H,27,29). The highest BCUT2D eigenvalue weighted by Crippen LogP contribution is 2.41. The van der Waals surface area contributed by atoms with Gasteiger partial charge >= 0.3 is 0 Å². The molecule has 2 saturated heterocycles. The first-order valence-electron chi connectivity index (χ1n) is 11.9. The lowest BCUT2D eigenvalue weighted by atomic mass is 9.73. The lowest BCUT2D eigenvalue weighted by molar-refractivity contribution is -0.125. The van der Waals surface area contributed by atoms with Gasteiger partial charge in [0.05, 0.1) is 43.2 Å². The Balaban J connectivity index is 1.69. The molecule has 2 heterocycles. The van der Waals surface area contributed by atoms with E-state index in [0.29, 0.717) is 63.9 Å². The van der Waals surface area contributed by atoms with Crippen LogP contribution >= 0.6 is 0 Å². The molecule has 2 aliphatic heterocycles. The summed E-state index contributed by atoms with van der Waals surface area (Å²) in [5.74, 6) is 1.34. The molecule has 7 heteroatoms. The van der Waals surface area contributed by atoms with Crippen molar-refractivity contribution in [1.82, 2.24) is 0 Å². The van der Waals surface area contributed by atoms with Gasteiger partial charge < -0.3 is 29.2 Å². The van der Waals surface area contributed by atoms with E-state index in [1.165, 1.54) is 0 Å². The SMILES string of the molecule is CCOc1cc(N2CCOCC2)c(OCC)cc1NC(=O)C1(c2ccccc2)CCOCC1. The Morgan fingerprint density at radius 2 is 1.58 bits per heavy atom. The third-order valence-corrected chi connectivity index (χ3v) is 6.37. The van der Waals surface area contributed by atoms with Crippen LogP contribution in [0, 0.1) is 0 Å². The minimum Gasteiger partial charge on any atom is -0.492 e. The van der Waals surface area contributed by atoms with Crippen molar-refractivity contribution in [1.29, 1.82) is 0 Å². The van der Waals surface area contributed by atoms with Crippen LogP contribution in [0.15, 0.2) is 42.5 Å². The monoisotopic (exact) mass is 454 g/mol. The highest BCUT2D eigenvalue weighted by Gasteiger charge is 2.42. The maximum Gasteiger partial charge on any atom is 0.235 e. The van der Waals surface area contributed by atoms with E-state index in [9.17, 15) is 4.79 Å². The Morgan fingerprint density at radius 3 is 2.24 bits per heavy atom. The van der Waals surface area contributed by atoms with Gasteiger partial charge in [-0.2, -0.15) is 0 Å². The first-order chi connectivity index (χ1) is 16.2. The normalized spacial score (nSPS) is 17.9. The number of morpholine rings is 1. The number of amides is 1. The van der Waals surface area contributed by atoms with Crippen molar-refractivity contribution < 1.29 is 23.7 Å². The Kier molecular flexibility index (Phi) is 7.73. The van der Waals surface area contributed by atoms with Gasteiger partial charge in [-0.25, -0.2) is 0 Å². The van der Waals surface area contributed by atoms with E-state index in [1.54, 1.807) is 0 Å². The number of carbonyl (C=O) groups excluding carboxylic acids is 1. The van der Waals surface area contributed by atoms with Gasteiger partial charge in [-0.1, -0.05) is 30.3 Å². The summed E-state index contributed by atoms with van der Waals surface area (Å²) >= 11 is 0. The summed E-state index contributed by atoms with van der Waals surface area (Å²) in [6.07, 6.45) is 1.27. The summed E-state index contributed by atoms with van der Waals surface area (Å²) in [7, 11) is 0. The zero-order valence-electron chi connectivity index (χ0n) is 19.6. The second kappa shape index (κ2) is 10.9. The van der Waals surface area contributed by atoms with E-state index in [4.69, 9.17) is 18.9 Å². The van der Waals surface area contributed by atoms with Crippen LogP contribution in [0.4, 0.5) is 11.4 Å². The summed E-state index contributed by atoms with van der Waals surface area (Å²) in [5.41, 5.74) is 1.96. The Bertz CT molecular complexity index is 922. The number of nitrogens with zero attached hydrogens (tertiary/aromatic N) is 1. The molecule has 0 saturated carbocycles. The van der Waals surface area contributed by atoms with Crippen LogP contribution in [-0.2, 0) is 19.7 Å². The molecule has 178 valence electrons. The van der Waals surface area contributed by atoms with Crippen LogP contribution in [0.3, 0.4) is 0 Å². The molecule has 0 bridgehead atoms. The zero-order chi connectivity index (χ0) is 23.1. The van der Waals surface area contributed by atoms with Crippen LogP contribution in [0.25, 0.3) is 0 Å². The molecule has 0 atom stereocenters. The maximum atomic E-state index is 13.8. The zero-order valence-corrected chi connectivity index (χ0v) is 19.6. The second-order valence-corrected chi connectivity index (χ2v) is 8.30. The van der Waals surface area contributed by atoms with Gasteiger partial charge in [0.15, 0.2) is 0 Å². The molecule has 0 aromatic heterocycles. The molecule has 33 heavy (non-hydrogen) atoms. The van der Waals surface area contributed by atoms with E-state index in [2.05, 4.69) is 10.2 Å². The first-order valence-corrected chi connectivity index (χ1v) is 11.9. The number of ether oxygens (including phenoxy) is 4. The molecular formula is C26H34N2O5. The highest BCUT2D eigenvalue weighted by molar-refractivity contribution is 6.01. The topological polar surface area (TPSA) is 69.3 Å². The van der Waals surface area contributed by atoms with Gasteiger partial charge in [-0.05, 0) is 32.3 Å². The highest BCUT2D eigenvalue weighted by atomic mass is 16.5. The average Bonchev–Trinajstić information content (AvgIpc) is 2.87. The van der Waals surface area contributed by atoms with Gasteiger partial charge in [0.2, 0.25) is 5.91 Å². The fourth-order valence-electron chi connectivity index (χ4n) is 4.61. The summed E-state index contributed by atoms with van der Waals surface area (Å²) in [4.78, 5) is 16.1. The van der Waals surface area contributed by atoms with Gasteiger partial charge in [0.1, 0.15) is 11.5 Å². The Hall–Kier alpha value is -2.77. The van der Waals surface area contributed by atoms with Crippen LogP contribution in [0.1, 0.15) is 32.3 Å². The molecule has 0 aliphatic carbocycles. The fourth-order valence-corrected chi connectivity index (χ4v) is 4.61. The lowest BCUT2D eigenvalue weighted by Gasteiger charge is -2.36. The number of hydrogen-bond acceptors (Lipinski definition) is 6. The van der Waals surface area contributed by atoms with Crippen molar-refractivity contribution in [2.45, 2.75) is 32.1 Å². The molecule has 2 fully saturated rings. The number of anilines is 2. The lowest BCUT2D eigenvalue weighted by Crippen LogP contribution is -2.44. The minimum atomic E-state index is -0.641. The van der Waals surface area contributed by atoms with E-state index in [-0.39, 0.29) is 5.91 Å². The van der Waals surface area contributed by atoms with Crippen LogP contribution in [0.2, 0.25) is 0 Å². The first kappa shape index (κ1) is 23.4. The fraction of sp³-hybridized carbons (Fsp3) is 0.500. The van der Waals surface area contributed by atoms with Crippen LogP contribution < -0.4 is 19.7 Å². The third kappa shape index (κ3) is 5.09. The molecule has 0 unspecified atom stereocenters. The number of hydrogen-bond donors (Lipinski definition) is 1. The Morgan fingerprint density at radius 1 is 0.939 bits per heavy atom. The van der Waals surface area contributed by atoms with Gasteiger partial charge in [0.25, 0.3) is 0 Å². The predicted molar refractivity (Wildman–Crippen MR) is 129 cm³/mol.